The number of hydrogen-bond acceptors (Lipinski definition) is 3. The molecule has 0 fully saturated rings. The highest BCUT2D eigenvalue weighted by Gasteiger charge is 2.10. The molecule has 0 aliphatic carbocycles. The predicted molar refractivity (Wildman–Crippen MR) is 81.2 cm³/mol. The minimum atomic E-state index is -3.37. The zero-order chi connectivity index (χ0) is 14.6. The van der Waals surface area contributed by atoms with E-state index in [4.69, 9.17) is 0 Å². The van der Waals surface area contributed by atoms with Crippen molar-refractivity contribution in [2.45, 2.75) is 18.4 Å². The maximum absolute atomic E-state index is 11.6. The number of benzene rings is 2. The van der Waals surface area contributed by atoms with Crippen LogP contribution in [0.5, 0.6) is 0 Å². The van der Waals surface area contributed by atoms with Gasteiger partial charge in [-0.3, -0.25) is 0 Å². The first kappa shape index (κ1) is 14.6. The quantitative estimate of drug-likeness (QED) is 0.889. The Kier molecular flexibility index (Phi) is 4.42. The smallest absolute Gasteiger partial charge is 0.240 e. The largest absolute Gasteiger partial charge is 0.381 e. The first-order valence-corrected chi connectivity index (χ1v) is 7.82. The van der Waals surface area contributed by atoms with Crippen LogP contribution in [0.2, 0.25) is 0 Å². The molecule has 0 saturated carbocycles. The molecule has 2 aromatic carbocycles. The zero-order valence-electron chi connectivity index (χ0n) is 11.6. The summed E-state index contributed by atoms with van der Waals surface area (Å²) >= 11 is 0. The van der Waals surface area contributed by atoms with Gasteiger partial charge < -0.3 is 5.32 Å². The Morgan fingerprint density at radius 2 is 1.75 bits per heavy atom. The molecule has 0 aromatic heterocycles. The molecule has 0 saturated heterocycles. The first-order chi connectivity index (χ1) is 9.51. The summed E-state index contributed by atoms with van der Waals surface area (Å²) in [5.41, 5.74) is 3.30. The molecule has 0 radical (unpaired) electrons. The number of sulfonamides is 1. The molecule has 0 spiro atoms. The zero-order valence-corrected chi connectivity index (χ0v) is 12.4. The Morgan fingerprint density at radius 1 is 1.05 bits per heavy atom. The molecule has 0 bridgehead atoms. The SMILES string of the molecule is CNS(=O)(=O)c1ccc(NCc2cccc(C)c2)cc1. The van der Waals surface area contributed by atoms with Gasteiger partial charge >= 0.3 is 0 Å². The molecule has 20 heavy (non-hydrogen) atoms. The van der Waals surface area contributed by atoms with Gasteiger partial charge in [-0.05, 0) is 43.8 Å². The molecular weight excluding hydrogens is 272 g/mol. The van der Waals surface area contributed by atoms with Gasteiger partial charge in [0, 0.05) is 12.2 Å². The van der Waals surface area contributed by atoms with E-state index in [1.165, 1.54) is 18.2 Å². The van der Waals surface area contributed by atoms with Gasteiger partial charge in [0.1, 0.15) is 0 Å². The second-order valence-corrected chi connectivity index (χ2v) is 6.46. The van der Waals surface area contributed by atoms with Crippen LogP contribution in [0.15, 0.2) is 53.4 Å². The lowest BCUT2D eigenvalue weighted by Gasteiger charge is -2.08. The van der Waals surface area contributed by atoms with Gasteiger partial charge in [0.25, 0.3) is 0 Å². The van der Waals surface area contributed by atoms with Crippen molar-refractivity contribution >= 4 is 15.7 Å². The van der Waals surface area contributed by atoms with E-state index in [2.05, 4.69) is 35.2 Å². The second-order valence-electron chi connectivity index (χ2n) is 4.57. The standard InChI is InChI=1S/C15H18N2O2S/c1-12-4-3-5-13(10-12)11-17-14-6-8-15(9-7-14)20(18,19)16-2/h3-10,16-17H,11H2,1-2H3. The molecule has 2 rings (SSSR count). The maximum atomic E-state index is 11.6. The van der Waals surface area contributed by atoms with Crippen LogP contribution in [-0.2, 0) is 16.6 Å². The lowest BCUT2D eigenvalue weighted by molar-refractivity contribution is 0.588. The highest BCUT2D eigenvalue weighted by Crippen LogP contribution is 2.15. The van der Waals surface area contributed by atoms with Crippen LogP contribution in [0.3, 0.4) is 0 Å². The van der Waals surface area contributed by atoms with Crippen molar-refractivity contribution < 1.29 is 8.42 Å². The third kappa shape index (κ3) is 3.59. The molecule has 0 aliphatic heterocycles. The lowest BCUT2D eigenvalue weighted by atomic mass is 10.1. The number of nitrogens with one attached hydrogen (secondary N) is 2. The fourth-order valence-electron chi connectivity index (χ4n) is 1.90. The lowest BCUT2D eigenvalue weighted by Crippen LogP contribution is -2.18. The molecule has 4 nitrogen and oxygen atoms in total. The molecular formula is C15H18N2O2S. The number of anilines is 1. The fraction of sp³-hybridized carbons (Fsp3) is 0.200. The van der Waals surface area contributed by atoms with E-state index < -0.39 is 10.0 Å². The average Bonchev–Trinajstić information content (AvgIpc) is 2.46. The van der Waals surface area contributed by atoms with Crippen LogP contribution < -0.4 is 10.0 Å². The molecule has 0 heterocycles. The van der Waals surface area contributed by atoms with Gasteiger partial charge in [-0.25, -0.2) is 13.1 Å². The van der Waals surface area contributed by atoms with Crippen molar-refractivity contribution in [2.75, 3.05) is 12.4 Å². The van der Waals surface area contributed by atoms with E-state index in [0.717, 1.165) is 5.69 Å². The van der Waals surface area contributed by atoms with E-state index in [0.29, 0.717) is 6.54 Å². The molecule has 5 heteroatoms. The van der Waals surface area contributed by atoms with Crippen LogP contribution in [0.25, 0.3) is 0 Å². The Labute approximate surface area is 119 Å². The summed E-state index contributed by atoms with van der Waals surface area (Å²) in [6, 6.07) is 15.0. The van der Waals surface area contributed by atoms with E-state index in [1.807, 2.05) is 6.07 Å². The van der Waals surface area contributed by atoms with Crippen molar-refractivity contribution in [1.82, 2.24) is 4.72 Å². The number of hydrogen-bond donors (Lipinski definition) is 2. The van der Waals surface area contributed by atoms with E-state index in [-0.39, 0.29) is 4.90 Å². The van der Waals surface area contributed by atoms with E-state index >= 15 is 0 Å². The third-order valence-corrected chi connectivity index (χ3v) is 4.44. The molecule has 0 amide bonds. The molecule has 106 valence electrons. The van der Waals surface area contributed by atoms with Crippen molar-refractivity contribution in [2.24, 2.45) is 0 Å². The Bertz CT molecular complexity index is 679. The topological polar surface area (TPSA) is 58.2 Å². The molecule has 2 N–H and O–H groups in total. The summed E-state index contributed by atoms with van der Waals surface area (Å²) in [5.74, 6) is 0. The molecule has 0 aliphatic rings. The van der Waals surface area contributed by atoms with Crippen molar-refractivity contribution in [1.29, 1.82) is 0 Å². The Morgan fingerprint density at radius 3 is 2.35 bits per heavy atom. The summed E-state index contributed by atoms with van der Waals surface area (Å²) in [4.78, 5) is 0.265. The fourth-order valence-corrected chi connectivity index (χ4v) is 2.63. The van der Waals surface area contributed by atoms with Gasteiger partial charge in [-0.15, -0.1) is 0 Å². The monoisotopic (exact) mass is 290 g/mol. The van der Waals surface area contributed by atoms with E-state index in [9.17, 15) is 8.42 Å². The van der Waals surface area contributed by atoms with Crippen molar-refractivity contribution in [3.8, 4) is 0 Å². The minimum absolute atomic E-state index is 0.265. The Hall–Kier alpha value is -1.85. The molecule has 0 unspecified atom stereocenters. The van der Waals surface area contributed by atoms with Crippen LogP contribution in [-0.4, -0.2) is 15.5 Å². The highest BCUT2D eigenvalue weighted by atomic mass is 32.2. The number of rotatable bonds is 5. The van der Waals surface area contributed by atoms with Crippen LogP contribution >= 0.6 is 0 Å². The normalized spacial score (nSPS) is 11.3. The summed E-state index contributed by atoms with van der Waals surface area (Å²) < 4.78 is 25.5. The highest BCUT2D eigenvalue weighted by molar-refractivity contribution is 7.89. The summed E-state index contributed by atoms with van der Waals surface area (Å²) in [5, 5.41) is 3.27. The van der Waals surface area contributed by atoms with Crippen LogP contribution in [0, 0.1) is 6.92 Å². The van der Waals surface area contributed by atoms with Gasteiger partial charge in [-0.1, -0.05) is 29.8 Å². The summed E-state index contributed by atoms with van der Waals surface area (Å²) in [6.45, 7) is 2.76. The molecule has 2 aromatic rings. The van der Waals surface area contributed by atoms with Gasteiger partial charge in [0.2, 0.25) is 10.0 Å². The second kappa shape index (κ2) is 6.07. The van der Waals surface area contributed by atoms with Crippen molar-refractivity contribution in [3.63, 3.8) is 0 Å². The number of aryl methyl sites for hydroxylation is 1. The first-order valence-electron chi connectivity index (χ1n) is 6.34. The van der Waals surface area contributed by atoms with Gasteiger partial charge in [-0.2, -0.15) is 0 Å². The minimum Gasteiger partial charge on any atom is -0.381 e. The third-order valence-electron chi connectivity index (χ3n) is 3.01. The Balaban J connectivity index is 2.05. The van der Waals surface area contributed by atoms with Crippen LogP contribution in [0.4, 0.5) is 5.69 Å². The van der Waals surface area contributed by atoms with Crippen LogP contribution in [0.1, 0.15) is 11.1 Å². The van der Waals surface area contributed by atoms with Crippen molar-refractivity contribution in [3.05, 3.63) is 59.7 Å². The summed E-state index contributed by atoms with van der Waals surface area (Å²) in [6.07, 6.45) is 0. The van der Waals surface area contributed by atoms with E-state index in [1.54, 1.807) is 24.3 Å². The van der Waals surface area contributed by atoms with Gasteiger partial charge in [0.15, 0.2) is 0 Å². The average molecular weight is 290 g/mol. The summed E-state index contributed by atoms with van der Waals surface area (Å²) in [7, 11) is -1.96. The maximum Gasteiger partial charge on any atom is 0.240 e. The van der Waals surface area contributed by atoms with Gasteiger partial charge in [0.05, 0.1) is 4.90 Å². The molecule has 0 atom stereocenters. The predicted octanol–water partition coefficient (Wildman–Crippen LogP) is 2.52.